The summed E-state index contributed by atoms with van der Waals surface area (Å²) in [4.78, 5) is 18.5. The second-order valence-electron chi connectivity index (χ2n) is 4.65. The lowest BCUT2D eigenvalue weighted by Crippen LogP contribution is -2.24. The smallest absolute Gasteiger partial charge is 0.223 e. The van der Waals surface area contributed by atoms with Crippen LogP contribution in [0.5, 0.6) is 5.75 Å². The monoisotopic (exact) mass is 273 g/mol. The Morgan fingerprint density at radius 2 is 2.25 bits per heavy atom. The van der Waals surface area contributed by atoms with Crippen LogP contribution in [0.15, 0.2) is 30.7 Å². The van der Waals surface area contributed by atoms with Crippen LogP contribution < -0.4 is 10.1 Å². The summed E-state index contributed by atoms with van der Waals surface area (Å²) >= 11 is 0. The van der Waals surface area contributed by atoms with Gasteiger partial charge in [-0.2, -0.15) is 0 Å². The number of carbonyl (C=O) groups is 1. The molecular formula is C15H19N3O2. The quantitative estimate of drug-likeness (QED) is 0.847. The molecule has 0 aliphatic heterocycles. The molecule has 0 aliphatic carbocycles. The van der Waals surface area contributed by atoms with E-state index in [1.165, 1.54) is 5.56 Å². The van der Waals surface area contributed by atoms with Crippen molar-refractivity contribution in [3.63, 3.8) is 0 Å². The fourth-order valence-corrected chi connectivity index (χ4v) is 1.80. The molecule has 1 aromatic carbocycles. The molecule has 2 aromatic rings. The molecule has 0 radical (unpaired) electrons. The highest BCUT2D eigenvalue weighted by Gasteiger charge is 2.05. The summed E-state index contributed by atoms with van der Waals surface area (Å²) in [6, 6.07) is 5.92. The third kappa shape index (κ3) is 3.85. The van der Waals surface area contributed by atoms with E-state index in [0.29, 0.717) is 19.6 Å². The van der Waals surface area contributed by atoms with Gasteiger partial charge >= 0.3 is 0 Å². The lowest BCUT2D eigenvalue weighted by Gasteiger charge is -2.10. The Labute approximate surface area is 118 Å². The number of benzene rings is 1. The van der Waals surface area contributed by atoms with E-state index in [0.717, 1.165) is 17.0 Å². The lowest BCUT2D eigenvalue weighted by molar-refractivity contribution is -0.121. The van der Waals surface area contributed by atoms with Gasteiger partial charge in [0.25, 0.3) is 0 Å². The molecule has 0 aliphatic rings. The van der Waals surface area contributed by atoms with Gasteiger partial charge < -0.3 is 15.0 Å². The maximum Gasteiger partial charge on any atom is 0.223 e. The molecule has 1 aromatic heterocycles. The minimum absolute atomic E-state index is 0.0371. The predicted molar refractivity (Wildman–Crippen MR) is 76.5 cm³/mol. The molecule has 2 rings (SSSR count). The Morgan fingerprint density at radius 3 is 3.00 bits per heavy atom. The summed E-state index contributed by atoms with van der Waals surface area (Å²) in [5, 5.41) is 2.81. The second-order valence-corrected chi connectivity index (χ2v) is 4.65. The van der Waals surface area contributed by atoms with Gasteiger partial charge in [-0.3, -0.25) is 4.79 Å². The van der Waals surface area contributed by atoms with E-state index in [9.17, 15) is 4.79 Å². The number of imidazole rings is 1. The third-order valence-electron chi connectivity index (χ3n) is 3.17. The maximum atomic E-state index is 11.7. The molecule has 0 unspecified atom stereocenters. The minimum atomic E-state index is -0.0371. The standard InChI is InChI=1S/C15H19N3O2/c1-11-4-3-5-14(12(11)2)20-7-6-15(19)17-9-13-8-16-10-18-13/h3-5,8,10H,6-7,9H2,1-2H3,(H,16,18)(H,17,19). The first-order valence-electron chi connectivity index (χ1n) is 6.60. The van der Waals surface area contributed by atoms with E-state index in [1.807, 2.05) is 32.0 Å². The number of aryl methyl sites for hydroxylation is 1. The molecule has 0 saturated heterocycles. The van der Waals surface area contributed by atoms with Crippen LogP contribution in [-0.2, 0) is 11.3 Å². The van der Waals surface area contributed by atoms with Gasteiger partial charge in [-0.25, -0.2) is 4.98 Å². The normalized spacial score (nSPS) is 10.3. The Bertz CT molecular complexity index is 565. The Morgan fingerprint density at radius 1 is 1.40 bits per heavy atom. The number of carbonyl (C=O) groups excluding carboxylic acids is 1. The van der Waals surface area contributed by atoms with Crippen molar-refractivity contribution in [1.29, 1.82) is 0 Å². The molecule has 1 heterocycles. The number of H-pyrrole nitrogens is 1. The first-order chi connectivity index (χ1) is 9.66. The van der Waals surface area contributed by atoms with E-state index < -0.39 is 0 Å². The van der Waals surface area contributed by atoms with Crippen LogP contribution in [0, 0.1) is 13.8 Å². The Balaban J connectivity index is 1.72. The number of rotatable bonds is 6. The van der Waals surface area contributed by atoms with E-state index in [2.05, 4.69) is 15.3 Å². The van der Waals surface area contributed by atoms with Crippen molar-refractivity contribution in [2.75, 3.05) is 6.61 Å². The van der Waals surface area contributed by atoms with Crippen molar-refractivity contribution in [3.8, 4) is 5.75 Å². The van der Waals surface area contributed by atoms with Gasteiger partial charge in [0.2, 0.25) is 5.91 Å². The number of ether oxygens (including phenoxy) is 1. The molecule has 5 nitrogen and oxygen atoms in total. The zero-order valence-electron chi connectivity index (χ0n) is 11.8. The van der Waals surface area contributed by atoms with Gasteiger partial charge in [-0.1, -0.05) is 12.1 Å². The van der Waals surface area contributed by atoms with Crippen LogP contribution in [-0.4, -0.2) is 22.5 Å². The number of aromatic nitrogens is 2. The molecule has 1 amide bonds. The van der Waals surface area contributed by atoms with E-state index >= 15 is 0 Å². The fraction of sp³-hybridized carbons (Fsp3) is 0.333. The van der Waals surface area contributed by atoms with Crippen LogP contribution >= 0.6 is 0 Å². The zero-order valence-corrected chi connectivity index (χ0v) is 11.8. The summed E-state index contributed by atoms with van der Waals surface area (Å²) in [5.74, 6) is 0.802. The first kappa shape index (κ1) is 14.1. The average Bonchev–Trinajstić information content (AvgIpc) is 2.94. The van der Waals surface area contributed by atoms with E-state index in [-0.39, 0.29) is 5.91 Å². The van der Waals surface area contributed by atoms with Crippen molar-refractivity contribution < 1.29 is 9.53 Å². The van der Waals surface area contributed by atoms with Crippen LogP contribution in [0.1, 0.15) is 23.2 Å². The molecule has 5 heteroatoms. The van der Waals surface area contributed by atoms with Crippen molar-refractivity contribution >= 4 is 5.91 Å². The van der Waals surface area contributed by atoms with Gasteiger partial charge in [-0.15, -0.1) is 0 Å². The highest BCUT2D eigenvalue weighted by atomic mass is 16.5. The second kappa shape index (κ2) is 6.75. The van der Waals surface area contributed by atoms with Gasteiger partial charge in [0.05, 0.1) is 31.6 Å². The van der Waals surface area contributed by atoms with Crippen molar-refractivity contribution in [1.82, 2.24) is 15.3 Å². The molecule has 20 heavy (non-hydrogen) atoms. The lowest BCUT2D eigenvalue weighted by atomic mass is 10.1. The highest BCUT2D eigenvalue weighted by Crippen LogP contribution is 2.20. The third-order valence-corrected chi connectivity index (χ3v) is 3.17. The summed E-state index contributed by atoms with van der Waals surface area (Å²) in [6.07, 6.45) is 3.61. The van der Waals surface area contributed by atoms with Crippen LogP contribution in [0.25, 0.3) is 0 Å². The van der Waals surface area contributed by atoms with Gasteiger partial charge in [0.1, 0.15) is 5.75 Å². The van der Waals surface area contributed by atoms with Crippen molar-refractivity contribution in [2.45, 2.75) is 26.8 Å². The predicted octanol–water partition coefficient (Wildman–Crippen LogP) is 2.11. The Kier molecular flexibility index (Phi) is 4.76. The number of hydrogen-bond acceptors (Lipinski definition) is 3. The number of amides is 1. The van der Waals surface area contributed by atoms with Gasteiger partial charge in [0.15, 0.2) is 0 Å². The molecule has 0 atom stereocenters. The van der Waals surface area contributed by atoms with E-state index in [1.54, 1.807) is 12.5 Å². The van der Waals surface area contributed by atoms with Crippen molar-refractivity contribution in [2.24, 2.45) is 0 Å². The van der Waals surface area contributed by atoms with Crippen LogP contribution in [0.4, 0.5) is 0 Å². The summed E-state index contributed by atoms with van der Waals surface area (Å²) in [5.41, 5.74) is 3.19. The molecule has 0 saturated carbocycles. The van der Waals surface area contributed by atoms with Crippen molar-refractivity contribution in [3.05, 3.63) is 47.5 Å². The average molecular weight is 273 g/mol. The molecular weight excluding hydrogens is 254 g/mol. The largest absolute Gasteiger partial charge is 0.493 e. The summed E-state index contributed by atoms with van der Waals surface area (Å²) in [7, 11) is 0. The molecule has 2 N–H and O–H groups in total. The molecule has 106 valence electrons. The Hall–Kier alpha value is -2.30. The van der Waals surface area contributed by atoms with Gasteiger partial charge in [0, 0.05) is 6.20 Å². The summed E-state index contributed by atoms with van der Waals surface area (Å²) < 4.78 is 5.64. The number of nitrogens with zero attached hydrogens (tertiary/aromatic N) is 1. The molecule has 0 bridgehead atoms. The highest BCUT2D eigenvalue weighted by molar-refractivity contribution is 5.75. The minimum Gasteiger partial charge on any atom is -0.493 e. The van der Waals surface area contributed by atoms with Gasteiger partial charge in [-0.05, 0) is 31.0 Å². The first-order valence-corrected chi connectivity index (χ1v) is 6.60. The van der Waals surface area contributed by atoms with E-state index in [4.69, 9.17) is 4.74 Å². The number of hydrogen-bond donors (Lipinski definition) is 2. The van der Waals surface area contributed by atoms with Crippen LogP contribution in [0.3, 0.4) is 0 Å². The number of aromatic amines is 1. The maximum absolute atomic E-state index is 11.7. The SMILES string of the molecule is Cc1cccc(OCCC(=O)NCc2cnc[nH]2)c1C. The molecule has 0 spiro atoms. The number of nitrogens with one attached hydrogen (secondary N) is 2. The molecule has 0 fully saturated rings. The topological polar surface area (TPSA) is 67.0 Å². The fourth-order valence-electron chi connectivity index (χ4n) is 1.80. The van der Waals surface area contributed by atoms with Crippen LogP contribution in [0.2, 0.25) is 0 Å². The summed E-state index contributed by atoms with van der Waals surface area (Å²) in [6.45, 7) is 4.89. The zero-order chi connectivity index (χ0) is 14.4.